The molecule has 1 unspecified atom stereocenters. The molecule has 0 heteroatoms. The van der Waals surface area contributed by atoms with Gasteiger partial charge in [-0.3, -0.25) is 0 Å². The van der Waals surface area contributed by atoms with Gasteiger partial charge in [-0.2, -0.15) is 0 Å². The number of hydrogen-bond acceptors (Lipinski definition) is 0. The van der Waals surface area contributed by atoms with E-state index < -0.39 is 0 Å². The lowest BCUT2D eigenvalue weighted by atomic mass is 9.83. The van der Waals surface area contributed by atoms with E-state index >= 15 is 0 Å². The van der Waals surface area contributed by atoms with Crippen molar-refractivity contribution in [3.05, 3.63) is 89.1 Å². The summed E-state index contributed by atoms with van der Waals surface area (Å²) in [6.07, 6.45) is 19.2. The van der Waals surface area contributed by atoms with Crippen LogP contribution in [0.2, 0.25) is 0 Å². The Morgan fingerprint density at radius 3 is 2.90 bits per heavy atom. The van der Waals surface area contributed by atoms with Crippen LogP contribution in [-0.2, 0) is 0 Å². The fourth-order valence-corrected chi connectivity index (χ4v) is 3.66. The number of hydrogen-bond donors (Lipinski definition) is 0. The molecule has 0 aliphatic heterocycles. The third kappa shape index (κ3) is 1.76. The standard InChI is InChI=1S/C20H18/c1-3-9-15-10-4-2-6-14-19-17-12-8-7-11-16(17)18(13-5-1)20(15)19/h1-5,7-9,11-13,19H,6,10,14H2. The van der Waals surface area contributed by atoms with Crippen LogP contribution >= 0.6 is 0 Å². The summed E-state index contributed by atoms with van der Waals surface area (Å²) >= 11 is 0. The average Bonchev–Trinajstić information content (AvgIpc) is 2.72. The quantitative estimate of drug-likeness (QED) is 0.552. The fraction of sp³-hybridized carbons (Fsp3) is 0.200. The van der Waals surface area contributed by atoms with Crippen LogP contribution in [-0.4, -0.2) is 0 Å². The minimum absolute atomic E-state index is 0.577. The van der Waals surface area contributed by atoms with Crippen molar-refractivity contribution in [2.45, 2.75) is 25.2 Å². The number of rotatable bonds is 0. The molecule has 0 saturated heterocycles. The Balaban J connectivity index is 1.98. The highest BCUT2D eigenvalue weighted by Crippen LogP contribution is 2.49. The summed E-state index contributed by atoms with van der Waals surface area (Å²) < 4.78 is 0. The molecule has 1 aromatic rings. The lowest BCUT2D eigenvalue weighted by Crippen LogP contribution is -2.03. The molecule has 98 valence electrons. The summed E-state index contributed by atoms with van der Waals surface area (Å²) in [6, 6.07) is 8.94. The van der Waals surface area contributed by atoms with Crippen molar-refractivity contribution < 1.29 is 0 Å². The maximum absolute atomic E-state index is 2.34. The number of allylic oxidation sites excluding steroid dienone is 10. The maximum Gasteiger partial charge on any atom is 0.0107 e. The molecule has 0 nitrogen and oxygen atoms in total. The molecule has 0 bridgehead atoms. The Morgan fingerprint density at radius 2 is 1.90 bits per heavy atom. The second kappa shape index (κ2) is 4.79. The molecule has 0 amide bonds. The summed E-state index contributed by atoms with van der Waals surface area (Å²) in [4.78, 5) is 0. The molecule has 1 aromatic carbocycles. The predicted molar refractivity (Wildman–Crippen MR) is 85.5 cm³/mol. The largest absolute Gasteiger partial charge is 0.0882 e. The Labute approximate surface area is 120 Å². The van der Waals surface area contributed by atoms with Gasteiger partial charge in [0.2, 0.25) is 0 Å². The molecule has 3 aliphatic carbocycles. The monoisotopic (exact) mass is 258 g/mol. The van der Waals surface area contributed by atoms with Gasteiger partial charge in [0.15, 0.2) is 0 Å². The Kier molecular flexibility index (Phi) is 2.81. The van der Waals surface area contributed by atoms with Crippen LogP contribution in [0, 0.1) is 0 Å². The fourth-order valence-electron chi connectivity index (χ4n) is 3.66. The third-order valence-electron chi connectivity index (χ3n) is 4.52. The molecule has 1 atom stereocenters. The molecule has 0 spiro atoms. The first-order valence-corrected chi connectivity index (χ1v) is 7.48. The molecule has 0 fully saturated rings. The van der Waals surface area contributed by atoms with Crippen LogP contribution in [0.1, 0.15) is 36.3 Å². The molecular formula is C20H18. The SMILES string of the molecule is C1=CC=C2CC=CCCC3C2=C(C=C1)c1ccccc13. The highest BCUT2D eigenvalue weighted by Gasteiger charge is 2.31. The Hall–Kier alpha value is -2.08. The summed E-state index contributed by atoms with van der Waals surface area (Å²) in [6.45, 7) is 0. The average molecular weight is 258 g/mol. The van der Waals surface area contributed by atoms with Crippen LogP contribution in [0.4, 0.5) is 0 Å². The zero-order valence-electron chi connectivity index (χ0n) is 11.5. The number of fused-ring (bicyclic) bond motifs is 3. The van der Waals surface area contributed by atoms with Gasteiger partial charge in [0, 0.05) is 5.92 Å². The van der Waals surface area contributed by atoms with Crippen molar-refractivity contribution in [2.24, 2.45) is 0 Å². The molecule has 0 heterocycles. The number of benzene rings is 1. The van der Waals surface area contributed by atoms with Gasteiger partial charge in [0.25, 0.3) is 0 Å². The van der Waals surface area contributed by atoms with Gasteiger partial charge < -0.3 is 0 Å². The summed E-state index contributed by atoms with van der Waals surface area (Å²) in [5, 5.41) is 0. The third-order valence-corrected chi connectivity index (χ3v) is 4.52. The molecule has 0 N–H and O–H groups in total. The normalized spacial score (nSPS) is 23.4. The lowest BCUT2D eigenvalue weighted by Gasteiger charge is -2.20. The van der Waals surface area contributed by atoms with Crippen LogP contribution < -0.4 is 0 Å². The minimum atomic E-state index is 0.577. The van der Waals surface area contributed by atoms with E-state index in [9.17, 15) is 0 Å². The van der Waals surface area contributed by atoms with E-state index in [4.69, 9.17) is 0 Å². The van der Waals surface area contributed by atoms with E-state index in [1.165, 1.54) is 35.1 Å². The highest BCUT2D eigenvalue weighted by atomic mass is 14.3. The molecular weight excluding hydrogens is 240 g/mol. The molecule has 0 aromatic heterocycles. The highest BCUT2D eigenvalue weighted by molar-refractivity contribution is 5.88. The second-order valence-electron chi connectivity index (χ2n) is 5.66. The van der Waals surface area contributed by atoms with Gasteiger partial charge in [-0.05, 0) is 47.1 Å². The summed E-state index contributed by atoms with van der Waals surface area (Å²) in [5.41, 5.74) is 7.45. The van der Waals surface area contributed by atoms with E-state index in [1.807, 2.05) is 0 Å². The van der Waals surface area contributed by atoms with Crippen molar-refractivity contribution in [1.82, 2.24) is 0 Å². The molecule has 4 rings (SSSR count). The van der Waals surface area contributed by atoms with Crippen molar-refractivity contribution in [1.29, 1.82) is 0 Å². The van der Waals surface area contributed by atoms with Crippen LogP contribution in [0.25, 0.3) is 5.57 Å². The molecule has 0 radical (unpaired) electrons. The zero-order valence-corrected chi connectivity index (χ0v) is 11.5. The van der Waals surface area contributed by atoms with E-state index in [-0.39, 0.29) is 0 Å². The lowest BCUT2D eigenvalue weighted by molar-refractivity contribution is 0.720. The van der Waals surface area contributed by atoms with Crippen LogP contribution in [0.5, 0.6) is 0 Å². The van der Waals surface area contributed by atoms with Crippen molar-refractivity contribution >= 4 is 5.57 Å². The summed E-state index contributed by atoms with van der Waals surface area (Å²) in [5.74, 6) is 0.577. The second-order valence-corrected chi connectivity index (χ2v) is 5.66. The molecule has 20 heavy (non-hydrogen) atoms. The van der Waals surface area contributed by atoms with Gasteiger partial charge in [-0.1, -0.05) is 66.8 Å². The van der Waals surface area contributed by atoms with Crippen molar-refractivity contribution in [3.63, 3.8) is 0 Å². The Bertz CT molecular complexity index is 693. The first-order chi connectivity index (χ1) is 9.95. The maximum atomic E-state index is 2.34. The van der Waals surface area contributed by atoms with Crippen LogP contribution in [0.15, 0.2) is 77.9 Å². The minimum Gasteiger partial charge on any atom is -0.0882 e. The van der Waals surface area contributed by atoms with Gasteiger partial charge in [-0.15, -0.1) is 0 Å². The van der Waals surface area contributed by atoms with E-state index in [0.29, 0.717) is 5.92 Å². The topological polar surface area (TPSA) is 0 Å². The van der Waals surface area contributed by atoms with Gasteiger partial charge >= 0.3 is 0 Å². The molecule has 0 saturated carbocycles. The predicted octanol–water partition coefficient (Wildman–Crippen LogP) is 5.33. The first-order valence-electron chi connectivity index (χ1n) is 7.48. The van der Waals surface area contributed by atoms with E-state index in [2.05, 4.69) is 66.8 Å². The van der Waals surface area contributed by atoms with Crippen molar-refractivity contribution in [3.8, 4) is 0 Å². The summed E-state index contributed by atoms with van der Waals surface area (Å²) in [7, 11) is 0. The zero-order chi connectivity index (χ0) is 13.4. The van der Waals surface area contributed by atoms with Gasteiger partial charge in [0.1, 0.15) is 0 Å². The Morgan fingerprint density at radius 1 is 0.950 bits per heavy atom. The first kappa shape index (κ1) is 11.7. The van der Waals surface area contributed by atoms with Gasteiger partial charge in [0.05, 0.1) is 0 Å². The van der Waals surface area contributed by atoms with Crippen molar-refractivity contribution in [2.75, 3.05) is 0 Å². The van der Waals surface area contributed by atoms with E-state index in [1.54, 1.807) is 5.57 Å². The smallest absolute Gasteiger partial charge is 0.0107 e. The van der Waals surface area contributed by atoms with E-state index in [0.717, 1.165) is 6.42 Å². The molecule has 3 aliphatic rings. The van der Waals surface area contributed by atoms with Gasteiger partial charge in [-0.25, -0.2) is 0 Å². The van der Waals surface area contributed by atoms with Crippen LogP contribution in [0.3, 0.4) is 0 Å².